The van der Waals surface area contributed by atoms with Crippen molar-refractivity contribution in [1.82, 2.24) is 5.32 Å². The van der Waals surface area contributed by atoms with Crippen molar-refractivity contribution in [2.45, 2.75) is 38.6 Å². The number of carbonyl (C=O) groups excluding carboxylic acids is 1. The fourth-order valence-corrected chi connectivity index (χ4v) is 2.48. The lowest BCUT2D eigenvalue weighted by Gasteiger charge is -2.13. The van der Waals surface area contributed by atoms with Crippen molar-refractivity contribution in [2.75, 3.05) is 11.9 Å². The van der Waals surface area contributed by atoms with Gasteiger partial charge in [0.2, 0.25) is 5.91 Å². The third kappa shape index (κ3) is 3.64. The van der Waals surface area contributed by atoms with Crippen LogP contribution in [-0.4, -0.2) is 18.5 Å². The van der Waals surface area contributed by atoms with Crippen LogP contribution in [0.4, 0.5) is 5.69 Å². The molecule has 0 heterocycles. The van der Waals surface area contributed by atoms with Gasteiger partial charge in [0.05, 0.1) is 17.3 Å². The van der Waals surface area contributed by atoms with Gasteiger partial charge in [0, 0.05) is 6.04 Å². The number of halogens is 1. The molecule has 0 aliphatic heterocycles. The number of amides is 1. The molecule has 0 aromatic heterocycles. The summed E-state index contributed by atoms with van der Waals surface area (Å²) >= 11 is 6.06. The Morgan fingerprint density at radius 3 is 2.83 bits per heavy atom. The van der Waals surface area contributed by atoms with Gasteiger partial charge in [0.1, 0.15) is 0 Å². The Morgan fingerprint density at radius 1 is 1.39 bits per heavy atom. The third-order valence-corrected chi connectivity index (χ3v) is 3.61. The zero-order valence-corrected chi connectivity index (χ0v) is 11.4. The van der Waals surface area contributed by atoms with Crippen molar-refractivity contribution in [3.8, 4) is 0 Å². The van der Waals surface area contributed by atoms with Crippen molar-refractivity contribution in [2.24, 2.45) is 0 Å². The molecule has 1 fully saturated rings. The zero-order chi connectivity index (χ0) is 13.0. The molecule has 0 saturated heterocycles. The third-order valence-electron chi connectivity index (χ3n) is 3.28. The number of rotatable bonds is 4. The van der Waals surface area contributed by atoms with Crippen molar-refractivity contribution >= 4 is 23.2 Å². The molecule has 0 atom stereocenters. The van der Waals surface area contributed by atoms with Gasteiger partial charge in [0.25, 0.3) is 0 Å². The summed E-state index contributed by atoms with van der Waals surface area (Å²) in [5, 5.41) is 6.77. The van der Waals surface area contributed by atoms with Crippen molar-refractivity contribution in [3.63, 3.8) is 0 Å². The summed E-state index contributed by atoms with van der Waals surface area (Å²) in [5.74, 6) is 0.0412. The molecule has 98 valence electrons. The molecule has 1 saturated carbocycles. The maximum Gasteiger partial charge on any atom is 0.239 e. The molecule has 2 N–H and O–H groups in total. The number of hydrogen-bond donors (Lipinski definition) is 2. The van der Waals surface area contributed by atoms with Crippen LogP contribution >= 0.6 is 11.6 Å². The first-order valence-electron chi connectivity index (χ1n) is 6.44. The molecular weight excluding hydrogens is 248 g/mol. The van der Waals surface area contributed by atoms with E-state index in [0.29, 0.717) is 11.1 Å². The van der Waals surface area contributed by atoms with Crippen LogP contribution in [0.1, 0.15) is 31.2 Å². The van der Waals surface area contributed by atoms with Gasteiger partial charge >= 0.3 is 0 Å². The molecule has 18 heavy (non-hydrogen) atoms. The molecule has 1 aliphatic rings. The Hall–Kier alpha value is -1.22. The van der Waals surface area contributed by atoms with Gasteiger partial charge in [-0.2, -0.15) is 0 Å². The van der Waals surface area contributed by atoms with Crippen LogP contribution in [0.3, 0.4) is 0 Å². The molecule has 0 spiro atoms. The smallest absolute Gasteiger partial charge is 0.239 e. The van der Waals surface area contributed by atoms with Gasteiger partial charge in [-0.05, 0) is 37.5 Å². The largest absolute Gasteiger partial charge is 0.375 e. The summed E-state index contributed by atoms with van der Waals surface area (Å²) in [4.78, 5) is 11.8. The van der Waals surface area contributed by atoms with Crippen molar-refractivity contribution in [1.29, 1.82) is 0 Å². The molecule has 0 radical (unpaired) electrons. The minimum Gasteiger partial charge on any atom is -0.375 e. The maximum absolute atomic E-state index is 11.8. The summed E-state index contributed by atoms with van der Waals surface area (Å²) in [6.45, 7) is 2.28. The van der Waals surface area contributed by atoms with E-state index in [1.807, 2.05) is 25.1 Å². The Morgan fingerprint density at radius 2 is 2.11 bits per heavy atom. The predicted octanol–water partition coefficient (Wildman–Crippen LogP) is 3.12. The quantitative estimate of drug-likeness (QED) is 0.879. The summed E-state index contributed by atoms with van der Waals surface area (Å²) in [6, 6.07) is 6.11. The number of anilines is 1. The lowest BCUT2D eigenvalue weighted by atomic mass is 10.2. The average Bonchev–Trinajstić information content (AvgIpc) is 2.83. The standard InChI is InChI=1S/C14H19ClN2O/c1-10-6-7-12(15)13(8-10)16-9-14(18)17-11-4-2-3-5-11/h6-8,11,16H,2-5,9H2,1H3,(H,17,18). The van der Waals surface area contributed by atoms with Crippen LogP contribution < -0.4 is 10.6 Å². The first kappa shape index (κ1) is 13.2. The van der Waals surface area contributed by atoms with Crippen LogP contribution in [0.15, 0.2) is 18.2 Å². The van der Waals surface area contributed by atoms with E-state index >= 15 is 0 Å². The summed E-state index contributed by atoms with van der Waals surface area (Å²) < 4.78 is 0. The number of nitrogens with one attached hydrogen (secondary N) is 2. The summed E-state index contributed by atoms with van der Waals surface area (Å²) in [5.41, 5.74) is 1.94. The van der Waals surface area contributed by atoms with E-state index in [4.69, 9.17) is 11.6 Å². The molecule has 2 rings (SSSR count). The van der Waals surface area contributed by atoms with Crippen LogP contribution in [0.5, 0.6) is 0 Å². The second-order valence-corrected chi connectivity index (χ2v) is 5.29. The molecule has 1 aliphatic carbocycles. The van der Waals surface area contributed by atoms with Gasteiger partial charge in [-0.15, -0.1) is 0 Å². The Balaban J connectivity index is 1.83. The van der Waals surface area contributed by atoms with E-state index in [1.54, 1.807) is 0 Å². The summed E-state index contributed by atoms with van der Waals surface area (Å²) in [7, 11) is 0. The minimum absolute atomic E-state index is 0.0412. The normalized spacial score (nSPS) is 15.7. The lowest BCUT2D eigenvalue weighted by Crippen LogP contribution is -2.36. The van der Waals surface area contributed by atoms with Crippen LogP contribution in [0, 0.1) is 6.92 Å². The molecular formula is C14H19ClN2O. The van der Waals surface area contributed by atoms with Crippen LogP contribution in [0.25, 0.3) is 0 Å². The topological polar surface area (TPSA) is 41.1 Å². The average molecular weight is 267 g/mol. The zero-order valence-electron chi connectivity index (χ0n) is 10.6. The highest BCUT2D eigenvalue weighted by atomic mass is 35.5. The fraction of sp³-hybridized carbons (Fsp3) is 0.500. The molecule has 0 bridgehead atoms. The van der Waals surface area contributed by atoms with E-state index in [1.165, 1.54) is 12.8 Å². The first-order valence-corrected chi connectivity index (χ1v) is 6.82. The van der Waals surface area contributed by atoms with Gasteiger partial charge in [-0.25, -0.2) is 0 Å². The van der Waals surface area contributed by atoms with Gasteiger partial charge < -0.3 is 10.6 Å². The minimum atomic E-state index is 0.0412. The number of benzene rings is 1. The maximum atomic E-state index is 11.8. The van der Waals surface area contributed by atoms with E-state index in [2.05, 4.69) is 10.6 Å². The van der Waals surface area contributed by atoms with Crippen molar-refractivity contribution < 1.29 is 4.79 Å². The highest BCUT2D eigenvalue weighted by Crippen LogP contribution is 2.22. The second kappa shape index (κ2) is 6.10. The molecule has 1 aromatic carbocycles. The molecule has 1 aromatic rings. The first-order chi connectivity index (χ1) is 8.65. The molecule has 4 heteroatoms. The van der Waals surface area contributed by atoms with E-state index in [0.717, 1.165) is 24.1 Å². The fourth-order valence-electron chi connectivity index (χ4n) is 2.30. The molecule has 1 amide bonds. The molecule has 0 unspecified atom stereocenters. The number of hydrogen-bond acceptors (Lipinski definition) is 2. The number of carbonyl (C=O) groups is 1. The second-order valence-electron chi connectivity index (χ2n) is 4.89. The van der Waals surface area contributed by atoms with Gasteiger partial charge in [-0.3, -0.25) is 4.79 Å². The Kier molecular flexibility index (Phi) is 4.48. The van der Waals surface area contributed by atoms with Crippen molar-refractivity contribution in [3.05, 3.63) is 28.8 Å². The highest BCUT2D eigenvalue weighted by Gasteiger charge is 2.16. The van der Waals surface area contributed by atoms with Gasteiger partial charge in [0.15, 0.2) is 0 Å². The highest BCUT2D eigenvalue weighted by molar-refractivity contribution is 6.33. The van der Waals surface area contributed by atoms with E-state index < -0.39 is 0 Å². The molecule has 3 nitrogen and oxygen atoms in total. The van der Waals surface area contributed by atoms with Crippen LogP contribution in [0.2, 0.25) is 5.02 Å². The van der Waals surface area contributed by atoms with E-state index in [-0.39, 0.29) is 12.5 Å². The van der Waals surface area contributed by atoms with Gasteiger partial charge in [-0.1, -0.05) is 30.5 Å². The SMILES string of the molecule is Cc1ccc(Cl)c(NCC(=O)NC2CCCC2)c1. The lowest BCUT2D eigenvalue weighted by molar-refractivity contribution is -0.120. The van der Waals surface area contributed by atoms with Crippen LogP contribution in [-0.2, 0) is 4.79 Å². The Labute approximate surface area is 113 Å². The summed E-state index contributed by atoms with van der Waals surface area (Å²) in [6.07, 6.45) is 4.66. The predicted molar refractivity (Wildman–Crippen MR) is 75.1 cm³/mol. The number of aryl methyl sites for hydroxylation is 1. The van der Waals surface area contributed by atoms with E-state index in [9.17, 15) is 4.79 Å². The Bertz CT molecular complexity index is 428. The monoisotopic (exact) mass is 266 g/mol.